The second-order valence-corrected chi connectivity index (χ2v) is 5.35. The van der Waals surface area contributed by atoms with E-state index in [1.165, 1.54) is 12.5 Å². The van der Waals surface area contributed by atoms with Crippen molar-refractivity contribution in [2.45, 2.75) is 20.4 Å². The van der Waals surface area contributed by atoms with E-state index in [0.717, 1.165) is 5.56 Å². The van der Waals surface area contributed by atoms with Gasteiger partial charge < -0.3 is 16.0 Å². The van der Waals surface area contributed by atoms with Crippen LogP contribution in [0.2, 0.25) is 0 Å². The summed E-state index contributed by atoms with van der Waals surface area (Å²) in [5.74, 6) is -0.257. The normalized spacial score (nSPS) is 10.0. The summed E-state index contributed by atoms with van der Waals surface area (Å²) in [6.07, 6.45) is 0. The van der Waals surface area contributed by atoms with Crippen molar-refractivity contribution in [3.05, 3.63) is 59.7 Å². The van der Waals surface area contributed by atoms with E-state index in [1.807, 2.05) is 49.4 Å². The number of amides is 2. The fraction of sp³-hybridized carbons (Fsp3) is 0.222. The van der Waals surface area contributed by atoms with Crippen LogP contribution in [0.4, 0.5) is 11.4 Å². The molecule has 0 aliphatic rings. The predicted molar refractivity (Wildman–Crippen MR) is 92.3 cm³/mol. The van der Waals surface area contributed by atoms with Gasteiger partial charge in [-0.1, -0.05) is 42.0 Å². The van der Waals surface area contributed by atoms with Gasteiger partial charge in [-0.15, -0.1) is 0 Å². The number of hydrogen-bond donors (Lipinski definition) is 3. The molecule has 0 spiro atoms. The average Bonchev–Trinajstić information content (AvgIpc) is 2.51. The highest BCUT2D eigenvalue weighted by atomic mass is 16.2. The van der Waals surface area contributed by atoms with Gasteiger partial charge in [0, 0.05) is 13.5 Å². The molecule has 3 N–H and O–H groups in total. The molecule has 0 aliphatic heterocycles. The molecule has 0 radical (unpaired) electrons. The van der Waals surface area contributed by atoms with Crippen LogP contribution in [0.3, 0.4) is 0 Å². The maximum absolute atomic E-state index is 11.9. The van der Waals surface area contributed by atoms with Gasteiger partial charge in [-0.3, -0.25) is 9.59 Å². The first-order valence-electron chi connectivity index (χ1n) is 7.47. The zero-order chi connectivity index (χ0) is 16.7. The minimum absolute atomic E-state index is 0.107. The molecule has 5 heteroatoms. The number of hydrogen-bond acceptors (Lipinski definition) is 3. The molecule has 0 unspecified atom stereocenters. The maximum Gasteiger partial charge on any atom is 0.239 e. The molecule has 0 saturated carbocycles. The fourth-order valence-corrected chi connectivity index (χ4v) is 2.20. The zero-order valence-corrected chi connectivity index (χ0v) is 13.3. The largest absolute Gasteiger partial charge is 0.374 e. The molecule has 0 heterocycles. The van der Waals surface area contributed by atoms with Crippen molar-refractivity contribution in [3.63, 3.8) is 0 Å². The molecule has 23 heavy (non-hydrogen) atoms. The van der Waals surface area contributed by atoms with Crippen LogP contribution in [-0.4, -0.2) is 18.4 Å². The van der Waals surface area contributed by atoms with E-state index in [9.17, 15) is 9.59 Å². The molecule has 0 fully saturated rings. The van der Waals surface area contributed by atoms with Crippen molar-refractivity contribution in [3.8, 4) is 0 Å². The first-order valence-corrected chi connectivity index (χ1v) is 7.47. The lowest BCUT2D eigenvalue weighted by molar-refractivity contribution is -0.119. The molecule has 0 saturated heterocycles. The van der Waals surface area contributed by atoms with Crippen molar-refractivity contribution in [2.75, 3.05) is 17.2 Å². The molecule has 0 bridgehead atoms. The quantitative estimate of drug-likeness (QED) is 0.768. The molecule has 2 aromatic carbocycles. The summed E-state index contributed by atoms with van der Waals surface area (Å²) in [5.41, 5.74) is 3.61. The molecular weight excluding hydrogens is 290 g/mol. The van der Waals surface area contributed by atoms with Gasteiger partial charge in [0.2, 0.25) is 11.8 Å². The summed E-state index contributed by atoms with van der Waals surface area (Å²) < 4.78 is 0. The third kappa shape index (κ3) is 5.47. The molecule has 0 atom stereocenters. The minimum Gasteiger partial charge on any atom is -0.374 e. The highest BCUT2D eigenvalue weighted by molar-refractivity contribution is 5.93. The van der Waals surface area contributed by atoms with Crippen LogP contribution >= 0.6 is 0 Å². The van der Waals surface area contributed by atoms with E-state index in [2.05, 4.69) is 16.0 Å². The summed E-state index contributed by atoms with van der Waals surface area (Å²) in [4.78, 5) is 23.1. The summed E-state index contributed by atoms with van der Waals surface area (Å²) in [7, 11) is 0. The first kappa shape index (κ1) is 16.5. The Hall–Kier alpha value is -2.82. The first-order chi connectivity index (χ1) is 11.0. The van der Waals surface area contributed by atoms with Crippen molar-refractivity contribution < 1.29 is 9.59 Å². The summed E-state index contributed by atoms with van der Waals surface area (Å²) in [6, 6.07) is 15.3. The van der Waals surface area contributed by atoms with E-state index in [0.29, 0.717) is 17.9 Å². The van der Waals surface area contributed by atoms with Gasteiger partial charge in [0.05, 0.1) is 17.9 Å². The molecular formula is C18H21N3O2. The number of nitrogens with one attached hydrogen (secondary N) is 3. The fourth-order valence-electron chi connectivity index (χ4n) is 2.20. The minimum atomic E-state index is -0.150. The van der Waals surface area contributed by atoms with Gasteiger partial charge >= 0.3 is 0 Å². The highest BCUT2D eigenvalue weighted by Gasteiger charge is 2.05. The van der Waals surface area contributed by atoms with Crippen molar-refractivity contribution in [2.24, 2.45) is 0 Å². The van der Waals surface area contributed by atoms with E-state index >= 15 is 0 Å². The molecule has 5 nitrogen and oxygen atoms in total. The predicted octanol–water partition coefficient (Wildman–Crippen LogP) is 2.68. The van der Waals surface area contributed by atoms with Crippen molar-refractivity contribution in [1.82, 2.24) is 5.32 Å². The van der Waals surface area contributed by atoms with Gasteiger partial charge in [0.25, 0.3) is 0 Å². The number of aryl methyl sites for hydroxylation is 1. The number of carbonyl (C=O) groups is 2. The molecule has 120 valence electrons. The lowest BCUT2D eigenvalue weighted by Crippen LogP contribution is -2.29. The Morgan fingerprint density at radius 2 is 1.74 bits per heavy atom. The van der Waals surface area contributed by atoms with Gasteiger partial charge in [-0.05, 0) is 24.6 Å². The van der Waals surface area contributed by atoms with Gasteiger partial charge in [0.1, 0.15) is 0 Å². The van der Waals surface area contributed by atoms with Crippen molar-refractivity contribution >= 4 is 23.2 Å². The van der Waals surface area contributed by atoms with Crippen LogP contribution in [0.15, 0.2) is 48.5 Å². The standard InChI is InChI=1S/C18H21N3O2/c1-13-6-5-7-15(10-13)11-20-18(23)12-19-16-8-3-4-9-17(16)21-14(2)22/h3-10,19H,11-12H2,1-2H3,(H,20,23)(H,21,22). The van der Waals surface area contributed by atoms with E-state index in [4.69, 9.17) is 0 Å². The number of para-hydroxylation sites is 2. The second kappa shape index (κ2) is 7.98. The monoisotopic (exact) mass is 311 g/mol. The van der Waals surface area contributed by atoms with Crippen LogP contribution in [0.5, 0.6) is 0 Å². The van der Waals surface area contributed by atoms with Crippen LogP contribution < -0.4 is 16.0 Å². The molecule has 0 aliphatic carbocycles. The molecule has 2 aromatic rings. The third-order valence-corrected chi connectivity index (χ3v) is 3.25. The van der Waals surface area contributed by atoms with Gasteiger partial charge in [-0.2, -0.15) is 0 Å². The summed E-state index contributed by atoms with van der Waals surface area (Å²) in [6.45, 7) is 4.11. The van der Waals surface area contributed by atoms with Crippen LogP contribution in [0.1, 0.15) is 18.1 Å². The van der Waals surface area contributed by atoms with Crippen LogP contribution in [-0.2, 0) is 16.1 Å². The summed E-state index contributed by atoms with van der Waals surface area (Å²) >= 11 is 0. The smallest absolute Gasteiger partial charge is 0.239 e. The number of rotatable bonds is 6. The lowest BCUT2D eigenvalue weighted by Gasteiger charge is -2.12. The second-order valence-electron chi connectivity index (χ2n) is 5.35. The Balaban J connectivity index is 1.86. The van der Waals surface area contributed by atoms with Crippen LogP contribution in [0.25, 0.3) is 0 Å². The maximum atomic E-state index is 11.9. The SMILES string of the molecule is CC(=O)Nc1ccccc1NCC(=O)NCc1cccc(C)c1. The lowest BCUT2D eigenvalue weighted by atomic mass is 10.1. The molecule has 2 rings (SSSR count). The van der Waals surface area contributed by atoms with Gasteiger partial charge in [-0.25, -0.2) is 0 Å². The van der Waals surface area contributed by atoms with Crippen molar-refractivity contribution in [1.29, 1.82) is 0 Å². The Bertz CT molecular complexity index is 698. The average molecular weight is 311 g/mol. The van der Waals surface area contributed by atoms with E-state index in [-0.39, 0.29) is 18.4 Å². The van der Waals surface area contributed by atoms with E-state index in [1.54, 1.807) is 6.07 Å². The molecule has 2 amide bonds. The highest BCUT2D eigenvalue weighted by Crippen LogP contribution is 2.20. The Kier molecular flexibility index (Phi) is 5.74. The Morgan fingerprint density at radius 3 is 2.43 bits per heavy atom. The third-order valence-electron chi connectivity index (χ3n) is 3.25. The Morgan fingerprint density at radius 1 is 1.00 bits per heavy atom. The Labute approximate surface area is 136 Å². The molecule has 0 aromatic heterocycles. The number of benzene rings is 2. The number of anilines is 2. The van der Waals surface area contributed by atoms with E-state index < -0.39 is 0 Å². The van der Waals surface area contributed by atoms with Gasteiger partial charge in [0.15, 0.2) is 0 Å². The zero-order valence-electron chi connectivity index (χ0n) is 13.3. The van der Waals surface area contributed by atoms with Crippen LogP contribution in [0, 0.1) is 6.92 Å². The topological polar surface area (TPSA) is 70.2 Å². The number of carbonyl (C=O) groups excluding carboxylic acids is 2. The summed E-state index contributed by atoms with van der Waals surface area (Å²) in [5, 5.41) is 8.64.